The number of rotatable bonds is 5. The van der Waals surface area contributed by atoms with Crippen LogP contribution in [-0.4, -0.2) is 60.8 Å². The standard InChI is InChI=1S/C19H25BrN2O5/c1-12-9-13(2)15(14(20)10-12)16-17(23)19(5-7-21(26-4)8-6-19)22(18(16)24)27-11-25-3/h9-10,23H,5-8,11H2,1-4H3. The second kappa shape index (κ2) is 7.89. The Morgan fingerprint density at radius 3 is 2.44 bits per heavy atom. The summed E-state index contributed by atoms with van der Waals surface area (Å²) in [4.78, 5) is 24.2. The molecule has 27 heavy (non-hydrogen) atoms. The Bertz CT molecular complexity index is 748. The van der Waals surface area contributed by atoms with Crippen molar-refractivity contribution in [2.45, 2.75) is 32.2 Å². The molecule has 1 N–H and O–H groups in total. The SMILES string of the molecule is COCON1C(=O)C(c2c(C)cc(C)cc2Br)=C(O)C12CCN(OC)CC2. The highest BCUT2D eigenvalue weighted by molar-refractivity contribution is 9.10. The van der Waals surface area contributed by atoms with E-state index < -0.39 is 5.54 Å². The normalized spacial score (nSPS) is 20.2. The van der Waals surface area contributed by atoms with E-state index in [2.05, 4.69) is 15.9 Å². The third-order valence-corrected chi connectivity index (χ3v) is 5.88. The minimum absolute atomic E-state index is 0.0482. The molecule has 2 aliphatic heterocycles. The van der Waals surface area contributed by atoms with Crippen molar-refractivity contribution in [2.24, 2.45) is 0 Å². The van der Waals surface area contributed by atoms with Crippen LogP contribution < -0.4 is 0 Å². The Kier molecular flexibility index (Phi) is 5.93. The molecule has 2 aliphatic rings. The molecule has 1 saturated heterocycles. The molecule has 7 nitrogen and oxygen atoms in total. The molecule has 1 amide bonds. The number of carbonyl (C=O) groups is 1. The van der Waals surface area contributed by atoms with Crippen LogP contribution in [0.3, 0.4) is 0 Å². The zero-order chi connectivity index (χ0) is 19.8. The summed E-state index contributed by atoms with van der Waals surface area (Å²) >= 11 is 3.56. The first-order chi connectivity index (χ1) is 12.9. The number of carbonyl (C=O) groups excluding carboxylic acids is 1. The van der Waals surface area contributed by atoms with Gasteiger partial charge in [0.1, 0.15) is 11.3 Å². The molecule has 0 atom stereocenters. The van der Waals surface area contributed by atoms with Gasteiger partial charge in [-0.25, -0.2) is 9.90 Å². The summed E-state index contributed by atoms with van der Waals surface area (Å²) in [6, 6.07) is 3.93. The molecule has 1 spiro atoms. The van der Waals surface area contributed by atoms with E-state index in [4.69, 9.17) is 14.4 Å². The molecule has 0 bridgehead atoms. The van der Waals surface area contributed by atoms with Crippen LogP contribution in [0, 0.1) is 13.8 Å². The van der Waals surface area contributed by atoms with Crippen LogP contribution in [0.15, 0.2) is 22.4 Å². The molecule has 1 aromatic carbocycles. The van der Waals surface area contributed by atoms with Gasteiger partial charge in [0.2, 0.25) is 0 Å². The predicted octanol–water partition coefficient (Wildman–Crippen LogP) is 3.11. The molecule has 1 fully saturated rings. The number of aliphatic hydroxyl groups is 1. The second-order valence-corrected chi connectivity index (χ2v) is 7.79. The number of methoxy groups -OCH3 is 1. The fraction of sp³-hybridized carbons (Fsp3) is 0.526. The Morgan fingerprint density at radius 2 is 1.89 bits per heavy atom. The first-order valence-corrected chi connectivity index (χ1v) is 9.61. The highest BCUT2D eigenvalue weighted by Gasteiger charge is 2.55. The molecule has 0 radical (unpaired) electrons. The number of aliphatic hydroxyl groups excluding tert-OH is 1. The monoisotopic (exact) mass is 440 g/mol. The van der Waals surface area contributed by atoms with Crippen LogP contribution >= 0.6 is 15.9 Å². The van der Waals surface area contributed by atoms with Gasteiger partial charge < -0.3 is 14.7 Å². The summed E-state index contributed by atoms with van der Waals surface area (Å²) in [5, 5.41) is 14.4. The third kappa shape index (κ3) is 3.40. The summed E-state index contributed by atoms with van der Waals surface area (Å²) in [6.45, 7) is 4.99. The van der Waals surface area contributed by atoms with Crippen LogP contribution in [0.25, 0.3) is 5.57 Å². The van der Waals surface area contributed by atoms with Gasteiger partial charge in [-0.05, 0) is 43.9 Å². The number of aryl methyl sites for hydroxylation is 2. The van der Waals surface area contributed by atoms with Crippen LogP contribution in [0.5, 0.6) is 0 Å². The predicted molar refractivity (Wildman–Crippen MR) is 104 cm³/mol. The smallest absolute Gasteiger partial charge is 0.282 e. The lowest BCUT2D eigenvalue weighted by Crippen LogP contribution is -2.55. The maximum Gasteiger partial charge on any atom is 0.282 e. The summed E-state index contributed by atoms with van der Waals surface area (Å²) in [7, 11) is 3.11. The fourth-order valence-electron chi connectivity index (χ4n) is 3.95. The largest absolute Gasteiger partial charge is 0.509 e. The molecule has 0 saturated carbocycles. The van der Waals surface area contributed by atoms with Gasteiger partial charge in [-0.2, -0.15) is 5.06 Å². The van der Waals surface area contributed by atoms with Crippen molar-refractivity contribution in [2.75, 3.05) is 34.1 Å². The highest BCUT2D eigenvalue weighted by Crippen LogP contribution is 2.47. The number of amides is 1. The molecule has 2 heterocycles. The van der Waals surface area contributed by atoms with Gasteiger partial charge in [0.15, 0.2) is 6.79 Å². The minimum atomic E-state index is -0.920. The van der Waals surface area contributed by atoms with Gasteiger partial charge in [-0.3, -0.25) is 4.79 Å². The van der Waals surface area contributed by atoms with Crippen LogP contribution in [-0.2, 0) is 19.2 Å². The van der Waals surface area contributed by atoms with Crippen molar-refractivity contribution in [3.8, 4) is 0 Å². The number of halogens is 1. The van der Waals surface area contributed by atoms with Gasteiger partial charge in [-0.1, -0.05) is 22.0 Å². The summed E-state index contributed by atoms with van der Waals surface area (Å²) < 4.78 is 5.78. The van der Waals surface area contributed by atoms with Crippen molar-refractivity contribution in [1.29, 1.82) is 0 Å². The maximum absolute atomic E-state index is 13.3. The summed E-state index contributed by atoms with van der Waals surface area (Å²) in [6.07, 6.45) is 0.988. The number of piperidine rings is 1. The lowest BCUT2D eigenvalue weighted by Gasteiger charge is -2.42. The average Bonchev–Trinajstić information content (AvgIpc) is 2.82. The molecule has 1 aromatic rings. The van der Waals surface area contributed by atoms with E-state index in [0.29, 0.717) is 31.5 Å². The number of benzene rings is 1. The summed E-state index contributed by atoms with van der Waals surface area (Å²) in [5.74, 6) is -0.310. The molecule has 0 aliphatic carbocycles. The topological polar surface area (TPSA) is 71.5 Å². The highest BCUT2D eigenvalue weighted by atomic mass is 79.9. The van der Waals surface area contributed by atoms with Crippen molar-refractivity contribution in [1.82, 2.24) is 10.1 Å². The first kappa shape index (κ1) is 20.3. The minimum Gasteiger partial charge on any atom is -0.509 e. The Labute approximate surface area is 167 Å². The van der Waals surface area contributed by atoms with Gasteiger partial charge in [0.25, 0.3) is 5.91 Å². The van der Waals surface area contributed by atoms with E-state index in [1.165, 1.54) is 12.2 Å². The molecule has 0 aromatic heterocycles. The number of nitrogens with zero attached hydrogens (tertiary/aromatic N) is 2. The molecule has 0 unspecified atom stereocenters. The number of ether oxygens (including phenoxy) is 1. The lowest BCUT2D eigenvalue weighted by molar-refractivity contribution is -0.259. The van der Waals surface area contributed by atoms with Gasteiger partial charge in [0.05, 0.1) is 12.7 Å². The molecular formula is C19H25BrN2O5. The van der Waals surface area contributed by atoms with Crippen molar-refractivity contribution < 1.29 is 24.3 Å². The van der Waals surface area contributed by atoms with Crippen LogP contribution in [0.4, 0.5) is 0 Å². The Morgan fingerprint density at radius 1 is 1.22 bits per heavy atom. The average molecular weight is 441 g/mol. The maximum atomic E-state index is 13.3. The van der Waals surface area contributed by atoms with Gasteiger partial charge >= 0.3 is 0 Å². The van der Waals surface area contributed by atoms with E-state index in [1.54, 1.807) is 7.11 Å². The molecule has 148 valence electrons. The second-order valence-electron chi connectivity index (χ2n) is 6.94. The van der Waals surface area contributed by atoms with Crippen molar-refractivity contribution in [3.05, 3.63) is 39.1 Å². The van der Waals surface area contributed by atoms with E-state index in [0.717, 1.165) is 15.6 Å². The lowest BCUT2D eigenvalue weighted by atomic mass is 9.85. The van der Waals surface area contributed by atoms with E-state index in [9.17, 15) is 9.90 Å². The zero-order valence-electron chi connectivity index (χ0n) is 16.0. The van der Waals surface area contributed by atoms with Crippen LogP contribution in [0.2, 0.25) is 0 Å². The number of hydroxylamine groups is 4. The Hall–Kier alpha value is -1.45. The van der Waals surface area contributed by atoms with Crippen LogP contribution in [0.1, 0.15) is 29.5 Å². The van der Waals surface area contributed by atoms with E-state index in [1.807, 2.05) is 31.0 Å². The fourth-order valence-corrected chi connectivity index (χ4v) is 4.82. The first-order valence-electron chi connectivity index (χ1n) is 8.82. The van der Waals surface area contributed by atoms with Crippen molar-refractivity contribution >= 4 is 27.4 Å². The molecule has 3 rings (SSSR count). The number of hydrogen-bond acceptors (Lipinski definition) is 6. The molecular weight excluding hydrogens is 416 g/mol. The van der Waals surface area contributed by atoms with Crippen molar-refractivity contribution in [3.63, 3.8) is 0 Å². The van der Waals surface area contributed by atoms with Gasteiger partial charge in [0, 0.05) is 30.2 Å². The summed E-state index contributed by atoms with van der Waals surface area (Å²) in [5.41, 5.74) is 2.04. The quantitative estimate of drug-likeness (QED) is 0.709. The van der Waals surface area contributed by atoms with Gasteiger partial charge in [-0.15, -0.1) is 0 Å². The zero-order valence-corrected chi connectivity index (χ0v) is 17.6. The van der Waals surface area contributed by atoms with E-state index >= 15 is 0 Å². The Balaban J connectivity index is 2.10. The number of hydrogen-bond donors (Lipinski definition) is 1. The third-order valence-electron chi connectivity index (χ3n) is 5.25. The molecule has 8 heteroatoms. The van der Waals surface area contributed by atoms with E-state index in [-0.39, 0.29) is 24.0 Å².